The first-order chi connectivity index (χ1) is 13.0. The van der Waals surface area contributed by atoms with E-state index >= 15 is 0 Å². The number of benzene rings is 1. The molecule has 1 fully saturated rings. The van der Waals surface area contributed by atoms with Gasteiger partial charge in [-0.3, -0.25) is 9.63 Å². The largest absolute Gasteiger partial charge is 0.494 e. The third-order valence-electron chi connectivity index (χ3n) is 4.46. The summed E-state index contributed by atoms with van der Waals surface area (Å²) in [5.74, 6) is 0.365. The van der Waals surface area contributed by atoms with Crippen molar-refractivity contribution in [3.63, 3.8) is 0 Å². The molecule has 1 amide bonds. The van der Waals surface area contributed by atoms with Crippen LogP contribution in [-0.4, -0.2) is 80.6 Å². The number of amides is 1. The second kappa shape index (κ2) is 8.51. The van der Waals surface area contributed by atoms with Gasteiger partial charge >= 0.3 is 5.91 Å². The Bertz CT molecular complexity index is 791. The topological polar surface area (TPSA) is 83.1 Å². The maximum atomic E-state index is 12.1. The van der Waals surface area contributed by atoms with Gasteiger partial charge in [-0.25, -0.2) is 5.06 Å². The first-order valence-electron chi connectivity index (χ1n) is 8.56. The molecular formula is C17H24N6O3S. The molecule has 0 bridgehead atoms. The van der Waals surface area contributed by atoms with Gasteiger partial charge in [-0.2, -0.15) is 0 Å². The van der Waals surface area contributed by atoms with Gasteiger partial charge in [0.2, 0.25) is 10.1 Å². The lowest BCUT2D eigenvalue weighted by atomic mass is 10.2. The van der Waals surface area contributed by atoms with E-state index in [9.17, 15) is 4.79 Å². The van der Waals surface area contributed by atoms with E-state index in [-0.39, 0.29) is 10.9 Å². The number of anilines is 3. The molecule has 146 valence electrons. The fourth-order valence-electron chi connectivity index (χ4n) is 2.74. The average Bonchev–Trinajstić information content (AvgIpc) is 3.16. The van der Waals surface area contributed by atoms with Crippen molar-refractivity contribution >= 4 is 33.8 Å². The Kier molecular flexibility index (Phi) is 6.09. The second-order valence-electron chi connectivity index (χ2n) is 6.20. The van der Waals surface area contributed by atoms with Gasteiger partial charge in [0.25, 0.3) is 0 Å². The number of likely N-dealkylation sites (N-methyl/N-ethyl adjacent to an activating group) is 1. The summed E-state index contributed by atoms with van der Waals surface area (Å²) < 4.78 is 5.54. The minimum absolute atomic E-state index is 0.245. The van der Waals surface area contributed by atoms with Crippen LogP contribution in [0.4, 0.5) is 16.5 Å². The fraction of sp³-hybridized carbons (Fsp3) is 0.471. The van der Waals surface area contributed by atoms with Crippen LogP contribution in [-0.2, 0) is 4.84 Å². The van der Waals surface area contributed by atoms with Crippen molar-refractivity contribution in [2.45, 2.75) is 0 Å². The van der Waals surface area contributed by atoms with Gasteiger partial charge in [0.1, 0.15) is 5.75 Å². The number of carbonyl (C=O) groups is 1. The second-order valence-corrected chi connectivity index (χ2v) is 7.17. The van der Waals surface area contributed by atoms with Crippen LogP contribution in [0, 0.1) is 0 Å². The van der Waals surface area contributed by atoms with E-state index in [1.807, 2.05) is 12.1 Å². The summed E-state index contributed by atoms with van der Waals surface area (Å²) in [4.78, 5) is 21.6. The zero-order valence-electron chi connectivity index (χ0n) is 15.9. The minimum atomic E-state index is -0.347. The van der Waals surface area contributed by atoms with Crippen LogP contribution in [0.3, 0.4) is 0 Å². The summed E-state index contributed by atoms with van der Waals surface area (Å²) in [6.07, 6.45) is 0. The summed E-state index contributed by atoms with van der Waals surface area (Å²) in [5.41, 5.74) is 1.89. The first kappa shape index (κ1) is 19.3. The number of hydrogen-bond donors (Lipinski definition) is 1. The zero-order valence-corrected chi connectivity index (χ0v) is 16.7. The highest BCUT2D eigenvalue weighted by atomic mass is 32.1. The first-order valence-corrected chi connectivity index (χ1v) is 9.37. The number of aromatic nitrogens is 2. The highest BCUT2D eigenvalue weighted by molar-refractivity contribution is 7.17. The molecule has 0 radical (unpaired) electrons. The Balaban J connectivity index is 1.73. The molecule has 3 rings (SSSR count). The van der Waals surface area contributed by atoms with Crippen molar-refractivity contribution in [3.05, 3.63) is 23.2 Å². The van der Waals surface area contributed by atoms with E-state index in [1.165, 1.54) is 14.2 Å². The molecule has 2 aromatic rings. The number of piperazine rings is 1. The van der Waals surface area contributed by atoms with Crippen LogP contribution in [0.1, 0.15) is 9.80 Å². The van der Waals surface area contributed by atoms with Crippen molar-refractivity contribution in [1.29, 1.82) is 0 Å². The van der Waals surface area contributed by atoms with E-state index in [2.05, 4.69) is 38.4 Å². The van der Waals surface area contributed by atoms with Crippen LogP contribution in [0.5, 0.6) is 5.75 Å². The normalized spacial score (nSPS) is 14.9. The summed E-state index contributed by atoms with van der Waals surface area (Å²) in [7, 11) is 6.72. The lowest BCUT2D eigenvalue weighted by molar-refractivity contribution is -0.0757. The molecule has 0 atom stereocenters. The number of nitrogens with one attached hydrogen (secondary N) is 1. The van der Waals surface area contributed by atoms with Gasteiger partial charge in [-0.15, -0.1) is 10.2 Å². The smallest absolute Gasteiger partial charge is 0.308 e. The van der Waals surface area contributed by atoms with Crippen LogP contribution in [0.15, 0.2) is 18.2 Å². The SMILES string of the molecule is COc1cc(N2CCN(C)CC2)ccc1Nc1nnc(C(=O)N(C)OC)s1. The van der Waals surface area contributed by atoms with Gasteiger partial charge in [0, 0.05) is 45.0 Å². The van der Waals surface area contributed by atoms with E-state index < -0.39 is 0 Å². The number of hydroxylamine groups is 2. The molecule has 1 aromatic heterocycles. The highest BCUT2D eigenvalue weighted by Crippen LogP contribution is 2.33. The number of ether oxygens (including phenoxy) is 1. The summed E-state index contributed by atoms with van der Waals surface area (Å²) >= 11 is 1.16. The molecule has 2 heterocycles. The molecule has 1 saturated heterocycles. The van der Waals surface area contributed by atoms with Crippen molar-refractivity contribution in [1.82, 2.24) is 20.2 Å². The van der Waals surface area contributed by atoms with Crippen molar-refractivity contribution < 1.29 is 14.4 Å². The summed E-state index contributed by atoms with van der Waals surface area (Å²) in [6, 6.07) is 6.03. The molecule has 0 aliphatic carbocycles. The van der Waals surface area contributed by atoms with Gasteiger partial charge < -0.3 is 19.9 Å². The number of nitrogens with zero attached hydrogens (tertiary/aromatic N) is 5. The average molecular weight is 392 g/mol. The molecule has 0 unspecified atom stereocenters. The van der Waals surface area contributed by atoms with Gasteiger partial charge in [0.15, 0.2) is 0 Å². The zero-order chi connectivity index (χ0) is 19.4. The van der Waals surface area contributed by atoms with Crippen LogP contribution < -0.4 is 15.0 Å². The van der Waals surface area contributed by atoms with Crippen LogP contribution in [0.25, 0.3) is 0 Å². The molecule has 27 heavy (non-hydrogen) atoms. The predicted octanol–water partition coefficient (Wildman–Crippen LogP) is 1.68. The monoisotopic (exact) mass is 392 g/mol. The lowest BCUT2D eigenvalue weighted by Gasteiger charge is -2.34. The van der Waals surface area contributed by atoms with E-state index in [0.717, 1.165) is 54.0 Å². The molecule has 1 aromatic carbocycles. The predicted molar refractivity (Wildman–Crippen MR) is 105 cm³/mol. The highest BCUT2D eigenvalue weighted by Gasteiger charge is 2.19. The third-order valence-corrected chi connectivity index (χ3v) is 5.29. The van der Waals surface area contributed by atoms with Gasteiger partial charge in [-0.05, 0) is 19.2 Å². The van der Waals surface area contributed by atoms with Crippen molar-refractivity contribution in [3.8, 4) is 5.75 Å². The molecular weight excluding hydrogens is 368 g/mol. The molecule has 9 nitrogen and oxygen atoms in total. The number of rotatable bonds is 6. The number of hydrogen-bond acceptors (Lipinski definition) is 9. The Morgan fingerprint density at radius 2 is 1.96 bits per heavy atom. The summed E-state index contributed by atoms with van der Waals surface area (Å²) in [5, 5.41) is 13.0. The maximum Gasteiger partial charge on any atom is 0.308 e. The van der Waals surface area contributed by atoms with Crippen LogP contribution in [0.2, 0.25) is 0 Å². The maximum absolute atomic E-state index is 12.1. The molecule has 1 N–H and O–H groups in total. The fourth-order valence-corrected chi connectivity index (χ4v) is 3.46. The third kappa shape index (κ3) is 4.46. The number of methoxy groups -OCH3 is 1. The Labute approximate surface area is 162 Å². The van der Waals surface area contributed by atoms with Gasteiger partial charge in [-0.1, -0.05) is 11.3 Å². The molecule has 0 saturated carbocycles. The number of carbonyl (C=O) groups excluding carboxylic acids is 1. The Morgan fingerprint density at radius 1 is 1.22 bits per heavy atom. The van der Waals surface area contributed by atoms with Crippen LogP contribution >= 0.6 is 11.3 Å². The quantitative estimate of drug-likeness (QED) is 0.744. The minimum Gasteiger partial charge on any atom is -0.494 e. The van der Waals surface area contributed by atoms with E-state index in [4.69, 9.17) is 9.57 Å². The molecule has 0 spiro atoms. The van der Waals surface area contributed by atoms with Gasteiger partial charge in [0.05, 0.1) is 19.9 Å². The lowest BCUT2D eigenvalue weighted by Crippen LogP contribution is -2.44. The molecule has 10 heteroatoms. The molecule has 1 aliphatic heterocycles. The standard InChI is InChI=1S/C17H24N6O3S/c1-21-7-9-23(10-8-21)12-5-6-13(14(11-12)25-3)18-17-20-19-15(27-17)16(24)22(2)26-4/h5-6,11H,7-10H2,1-4H3,(H,18,20). The van der Waals surface area contributed by atoms with E-state index in [1.54, 1.807) is 7.11 Å². The molecule has 1 aliphatic rings. The Hall–Kier alpha value is -2.43. The Morgan fingerprint density at radius 3 is 2.63 bits per heavy atom. The van der Waals surface area contributed by atoms with Crippen molar-refractivity contribution in [2.75, 3.05) is 64.7 Å². The summed E-state index contributed by atoms with van der Waals surface area (Å²) in [6.45, 7) is 4.06. The van der Waals surface area contributed by atoms with E-state index in [0.29, 0.717) is 10.9 Å². The van der Waals surface area contributed by atoms with Crippen molar-refractivity contribution in [2.24, 2.45) is 0 Å².